The molecule has 252 valence electrons. The molecule has 0 spiro atoms. The van der Waals surface area contributed by atoms with Crippen molar-refractivity contribution in [1.82, 2.24) is 24.7 Å². The summed E-state index contributed by atoms with van der Waals surface area (Å²) in [6, 6.07) is 15.1. The third-order valence-corrected chi connectivity index (χ3v) is 9.44. The number of urea groups is 1. The lowest BCUT2D eigenvalue weighted by Crippen LogP contribution is -2.34. The van der Waals surface area contributed by atoms with E-state index in [0.29, 0.717) is 29.5 Å². The van der Waals surface area contributed by atoms with E-state index in [1.807, 2.05) is 48.7 Å². The Balaban J connectivity index is 0.954. The summed E-state index contributed by atoms with van der Waals surface area (Å²) in [6.45, 7) is 7.86. The minimum absolute atomic E-state index is 0.140. The number of aromatic nitrogens is 5. The molecule has 13 heteroatoms. The molecule has 3 amide bonds. The van der Waals surface area contributed by atoms with E-state index in [1.54, 1.807) is 22.0 Å². The number of ether oxygens (including phenoxy) is 2. The first-order valence-electron chi connectivity index (χ1n) is 16.4. The lowest BCUT2D eigenvalue weighted by molar-refractivity contribution is -0.119. The summed E-state index contributed by atoms with van der Waals surface area (Å²) < 4.78 is 13.4. The monoisotopic (exact) mass is 678 g/mol. The Bertz CT molecular complexity index is 1960. The van der Waals surface area contributed by atoms with Crippen molar-refractivity contribution in [3.8, 4) is 27.6 Å². The second kappa shape index (κ2) is 13.7. The van der Waals surface area contributed by atoms with E-state index < -0.39 is 6.03 Å². The molecular weight excluding hydrogens is 641 g/mol. The molecule has 0 saturated carbocycles. The van der Waals surface area contributed by atoms with Gasteiger partial charge in [-0.05, 0) is 79.3 Å². The summed E-state index contributed by atoms with van der Waals surface area (Å²) in [5.74, 6) is 2.72. The van der Waals surface area contributed by atoms with Crippen molar-refractivity contribution < 1.29 is 19.1 Å². The summed E-state index contributed by atoms with van der Waals surface area (Å²) in [6.07, 6.45) is 9.33. The number of carbonyl (C=O) groups is 2. The highest BCUT2D eigenvalue weighted by molar-refractivity contribution is 7.19. The third kappa shape index (κ3) is 7.41. The molecule has 2 aliphatic heterocycles. The lowest BCUT2D eigenvalue weighted by atomic mass is 9.92. The highest BCUT2D eigenvalue weighted by Crippen LogP contribution is 2.34. The van der Waals surface area contributed by atoms with Crippen molar-refractivity contribution in [3.63, 3.8) is 0 Å². The van der Waals surface area contributed by atoms with Gasteiger partial charge in [0.05, 0.1) is 40.9 Å². The molecule has 49 heavy (non-hydrogen) atoms. The zero-order valence-corrected chi connectivity index (χ0v) is 28.5. The minimum Gasteiger partial charge on any atom is -0.493 e. The van der Waals surface area contributed by atoms with E-state index in [0.717, 1.165) is 77.1 Å². The lowest BCUT2D eigenvalue weighted by Gasteiger charge is -2.23. The normalized spacial score (nSPS) is 14.6. The molecule has 3 aromatic heterocycles. The highest BCUT2D eigenvalue weighted by atomic mass is 32.1. The van der Waals surface area contributed by atoms with Crippen LogP contribution in [-0.4, -0.2) is 49.8 Å². The van der Waals surface area contributed by atoms with Gasteiger partial charge in [-0.3, -0.25) is 15.0 Å². The fourth-order valence-electron chi connectivity index (χ4n) is 5.68. The van der Waals surface area contributed by atoms with Crippen LogP contribution in [0.2, 0.25) is 0 Å². The van der Waals surface area contributed by atoms with Crippen LogP contribution in [0.1, 0.15) is 63.5 Å². The van der Waals surface area contributed by atoms with Crippen LogP contribution in [0.5, 0.6) is 11.5 Å². The Labute approximate surface area is 288 Å². The van der Waals surface area contributed by atoms with Gasteiger partial charge in [0.1, 0.15) is 23.9 Å². The van der Waals surface area contributed by atoms with Gasteiger partial charge in [-0.15, -0.1) is 0 Å². The minimum atomic E-state index is -0.439. The number of rotatable bonds is 8. The van der Waals surface area contributed by atoms with Crippen molar-refractivity contribution in [2.24, 2.45) is 0 Å². The number of fused-ring (bicyclic) bond motifs is 1. The molecule has 2 N–H and O–H groups in total. The topological polar surface area (TPSA) is 136 Å². The van der Waals surface area contributed by atoms with Crippen LogP contribution in [0.15, 0.2) is 67.1 Å². The summed E-state index contributed by atoms with van der Waals surface area (Å²) in [5, 5.41) is 11.3. The molecule has 7 rings (SSSR count). The first-order valence-corrected chi connectivity index (χ1v) is 17.3. The second-order valence-corrected chi connectivity index (χ2v) is 14.1. The van der Waals surface area contributed by atoms with Crippen LogP contribution in [0.3, 0.4) is 0 Å². The van der Waals surface area contributed by atoms with Crippen molar-refractivity contribution in [2.75, 3.05) is 28.7 Å². The number of thiazole rings is 1. The zero-order valence-electron chi connectivity index (χ0n) is 27.7. The fraction of sp³-hybridized carbons (Fsp3) is 0.333. The predicted octanol–water partition coefficient (Wildman–Crippen LogP) is 7.15. The van der Waals surface area contributed by atoms with Crippen molar-refractivity contribution in [1.29, 1.82) is 0 Å². The van der Waals surface area contributed by atoms with Crippen LogP contribution >= 0.6 is 11.3 Å². The Kier molecular flexibility index (Phi) is 9.00. The number of benzene rings is 2. The highest BCUT2D eigenvalue weighted by Gasteiger charge is 2.24. The van der Waals surface area contributed by atoms with Crippen molar-refractivity contribution >= 4 is 39.9 Å². The fourth-order valence-corrected chi connectivity index (χ4v) is 6.64. The number of hydrogen-bond acceptors (Lipinski definition) is 9. The SMILES string of the molecule is CC(C)(C)c1cc(NC(=O)Nc2cnc(COc3ccc(-c4cnc(N5CCCCC5=O)s4)cc3)nc2)n(-c2ccc3c(c2)CCCO3)n1. The van der Waals surface area contributed by atoms with Crippen LogP contribution in [-0.2, 0) is 23.2 Å². The average molecular weight is 679 g/mol. The van der Waals surface area contributed by atoms with E-state index in [9.17, 15) is 9.59 Å². The summed E-state index contributed by atoms with van der Waals surface area (Å²) in [5.41, 5.74) is 4.05. The van der Waals surface area contributed by atoms with Gasteiger partial charge in [-0.25, -0.2) is 24.4 Å². The van der Waals surface area contributed by atoms with E-state index in [2.05, 4.69) is 52.4 Å². The smallest absolute Gasteiger partial charge is 0.324 e. The standard InChI is InChI=1S/C36H38N8O4S/c1-36(2,3)30-18-32(44(42-30)26-11-14-28-24(17-26)7-6-16-47-28)41-34(46)40-25-19-37-31(38-20-25)22-48-27-12-9-23(10-13-27)29-21-39-35(49-29)43-15-5-4-8-33(43)45/h9-14,17-21H,4-8,15-16,22H2,1-3H3,(H2,40,41,46). The second-order valence-electron chi connectivity index (χ2n) is 13.1. The van der Waals surface area contributed by atoms with Gasteiger partial charge in [0, 0.05) is 30.6 Å². The largest absolute Gasteiger partial charge is 0.493 e. The van der Waals surface area contributed by atoms with Crippen LogP contribution in [0.25, 0.3) is 16.1 Å². The van der Waals surface area contributed by atoms with Crippen LogP contribution < -0.4 is 25.0 Å². The Morgan fingerprint density at radius 1 is 0.959 bits per heavy atom. The number of nitrogens with one attached hydrogen (secondary N) is 2. The molecule has 0 radical (unpaired) electrons. The maximum absolute atomic E-state index is 13.1. The van der Waals surface area contributed by atoms with Gasteiger partial charge in [-0.1, -0.05) is 32.1 Å². The molecule has 12 nitrogen and oxygen atoms in total. The molecule has 2 aliphatic rings. The molecule has 5 aromatic rings. The van der Waals surface area contributed by atoms with Crippen LogP contribution in [0, 0.1) is 0 Å². The zero-order chi connectivity index (χ0) is 34.0. The number of nitrogens with zero attached hydrogens (tertiary/aromatic N) is 6. The van der Waals surface area contributed by atoms with Gasteiger partial charge in [0.2, 0.25) is 5.91 Å². The maximum atomic E-state index is 13.1. The van der Waals surface area contributed by atoms with Crippen LogP contribution in [0.4, 0.5) is 21.4 Å². The molecule has 0 unspecified atom stereocenters. The molecule has 0 bridgehead atoms. The number of carbonyl (C=O) groups excluding carboxylic acids is 2. The number of amides is 3. The maximum Gasteiger partial charge on any atom is 0.324 e. The summed E-state index contributed by atoms with van der Waals surface area (Å²) in [7, 11) is 0. The van der Waals surface area contributed by atoms with Gasteiger partial charge < -0.3 is 14.8 Å². The van der Waals surface area contributed by atoms with Crippen molar-refractivity contribution in [3.05, 3.63) is 84.2 Å². The average Bonchev–Trinajstić information content (AvgIpc) is 3.77. The Hall–Kier alpha value is -5.30. The summed E-state index contributed by atoms with van der Waals surface area (Å²) in [4.78, 5) is 41.4. The Morgan fingerprint density at radius 3 is 2.55 bits per heavy atom. The molecule has 2 aromatic carbocycles. The van der Waals surface area contributed by atoms with Gasteiger partial charge in [-0.2, -0.15) is 5.10 Å². The third-order valence-electron chi connectivity index (χ3n) is 8.37. The summed E-state index contributed by atoms with van der Waals surface area (Å²) >= 11 is 1.51. The Morgan fingerprint density at radius 2 is 1.78 bits per heavy atom. The van der Waals surface area contributed by atoms with E-state index in [-0.39, 0.29) is 17.9 Å². The van der Waals surface area contributed by atoms with E-state index in [4.69, 9.17) is 14.6 Å². The molecule has 5 heterocycles. The first kappa shape index (κ1) is 32.3. The molecular formula is C36H38N8O4S. The number of aryl methyl sites for hydroxylation is 1. The molecule has 0 atom stereocenters. The van der Waals surface area contributed by atoms with Gasteiger partial charge in [0.15, 0.2) is 11.0 Å². The predicted molar refractivity (Wildman–Crippen MR) is 189 cm³/mol. The molecule has 1 fully saturated rings. The number of hydrogen-bond donors (Lipinski definition) is 2. The van der Waals surface area contributed by atoms with Gasteiger partial charge in [0.25, 0.3) is 0 Å². The number of anilines is 3. The van der Waals surface area contributed by atoms with E-state index >= 15 is 0 Å². The van der Waals surface area contributed by atoms with E-state index in [1.165, 1.54) is 11.3 Å². The quantitative estimate of drug-likeness (QED) is 0.177. The van der Waals surface area contributed by atoms with Gasteiger partial charge >= 0.3 is 6.03 Å². The molecule has 0 aliphatic carbocycles. The van der Waals surface area contributed by atoms with Crippen molar-refractivity contribution in [2.45, 2.75) is 64.9 Å². The first-order chi connectivity index (χ1) is 23.7. The molecule has 1 saturated heterocycles. The number of piperidine rings is 1.